The highest BCUT2D eigenvalue weighted by atomic mass is 16.5. The van der Waals surface area contributed by atoms with Crippen LogP contribution in [0.2, 0.25) is 0 Å². The van der Waals surface area contributed by atoms with E-state index in [1.54, 1.807) is 0 Å². The van der Waals surface area contributed by atoms with E-state index in [1.165, 1.54) is 29.5 Å². The number of pyridine rings is 1. The van der Waals surface area contributed by atoms with Gasteiger partial charge < -0.3 is 15.0 Å². The van der Waals surface area contributed by atoms with Gasteiger partial charge in [-0.25, -0.2) is 0 Å². The maximum absolute atomic E-state index is 12.3. The van der Waals surface area contributed by atoms with Crippen LogP contribution in [0.15, 0.2) is 30.5 Å². The summed E-state index contributed by atoms with van der Waals surface area (Å²) in [5.74, 6) is 0.889. The lowest BCUT2D eigenvalue weighted by Gasteiger charge is -2.11. The molecule has 0 spiro atoms. The van der Waals surface area contributed by atoms with E-state index in [0.717, 1.165) is 28.5 Å². The Morgan fingerprint density at radius 1 is 1.23 bits per heavy atom. The average Bonchev–Trinajstić information content (AvgIpc) is 3.38. The summed E-state index contributed by atoms with van der Waals surface area (Å²) >= 11 is 0. The van der Waals surface area contributed by atoms with E-state index in [2.05, 4.69) is 38.5 Å². The molecule has 7 nitrogen and oxygen atoms in total. The van der Waals surface area contributed by atoms with Crippen LogP contribution in [0.3, 0.4) is 0 Å². The van der Waals surface area contributed by atoms with Crippen LogP contribution in [-0.2, 0) is 11.2 Å². The first-order chi connectivity index (χ1) is 14.6. The third-order valence-corrected chi connectivity index (χ3v) is 5.96. The largest absolute Gasteiger partial charge is 0.467 e. The zero-order chi connectivity index (χ0) is 20.7. The molecule has 3 heterocycles. The van der Waals surface area contributed by atoms with Crippen molar-refractivity contribution in [1.82, 2.24) is 25.5 Å². The van der Waals surface area contributed by atoms with Gasteiger partial charge in [0.2, 0.25) is 5.88 Å². The van der Waals surface area contributed by atoms with Crippen molar-refractivity contribution in [3.8, 4) is 5.88 Å². The number of ether oxygens (including phenoxy) is 1. The normalized spacial score (nSPS) is 13.8. The van der Waals surface area contributed by atoms with E-state index in [-0.39, 0.29) is 12.5 Å². The third kappa shape index (κ3) is 3.40. The Labute approximate surface area is 174 Å². The number of nitrogens with one attached hydrogen (secondary N) is 3. The maximum atomic E-state index is 12.3. The van der Waals surface area contributed by atoms with Crippen molar-refractivity contribution in [2.75, 3.05) is 13.2 Å². The van der Waals surface area contributed by atoms with E-state index < -0.39 is 0 Å². The number of carbonyl (C=O) groups is 1. The topological polar surface area (TPSA) is 95.7 Å². The molecule has 1 aliphatic rings. The number of benzene rings is 1. The highest BCUT2D eigenvalue weighted by molar-refractivity contribution is 5.85. The first kappa shape index (κ1) is 18.7. The molecule has 5 rings (SSSR count). The highest BCUT2D eigenvalue weighted by Crippen LogP contribution is 2.43. The number of hydrogen-bond acceptors (Lipinski definition) is 4. The second-order valence-corrected chi connectivity index (χ2v) is 8.03. The molecule has 0 saturated heterocycles. The van der Waals surface area contributed by atoms with E-state index in [4.69, 9.17) is 4.74 Å². The monoisotopic (exact) mass is 403 g/mol. The van der Waals surface area contributed by atoms with Gasteiger partial charge in [0.15, 0.2) is 12.3 Å². The molecule has 0 aliphatic heterocycles. The predicted molar refractivity (Wildman–Crippen MR) is 116 cm³/mol. The van der Waals surface area contributed by atoms with Crippen molar-refractivity contribution in [3.63, 3.8) is 0 Å². The molecule has 4 aromatic rings. The van der Waals surface area contributed by atoms with Gasteiger partial charge in [0.25, 0.3) is 5.91 Å². The third-order valence-electron chi connectivity index (χ3n) is 5.96. The van der Waals surface area contributed by atoms with Crippen LogP contribution in [0.5, 0.6) is 5.88 Å². The minimum atomic E-state index is -0.158. The molecule has 3 N–H and O–H groups in total. The Kier molecular flexibility index (Phi) is 4.65. The van der Waals surface area contributed by atoms with Crippen LogP contribution in [0.1, 0.15) is 41.1 Å². The zero-order valence-electron chi connectivity index (χ0n) is 17.2. The number of aromatic amines is 2. The second kappa shape index (κ2) is 7.48. The van der Waals surface area contributed by atoms with Gasteiger partial charge in [-0.3, -0.25) is 9.89 Å². The summed E-state index contributed by atoms with van der Waals surface area (Å²) in [7, 11) is 0. The molecular weight excluding hydrogens is 378 g/mol. The standard InChI is InChI=1S/C23H25N5O2/c1-13-14(2)23(26-22-20(13)21(27-28-22)15-7-8-15)30-12-19(29)24-10-9-16-11-25-18-6-4-3-5-17(16)18/h3-6,11,15,25H,7-10,12H2,1-2H3,(H,24,29)(H,26,27,28). The van der Waals surface area contributed by atoms with Gasteiger partial charge >= 0.3 is 0 Å². The minimum Gasteiger partial charge on any atom is -0.467 e. The molecule has 1 saturated carbocycles. The van der Waals surface area contributed by atoms with Crippen LogP contribution in [-0.4, -0.2) is 39.2 Å². The molecule has 0 bridgehead atoms. The molecule has 3 aromatic heterocycles. The smallest absolute Gasteiger partial charge is 0.258 e. The quantitative estimate of drug-likeness (QED) is 0.439. The highest BCUT2D eigenvalue weighted by Gasteiger charge is 2.29. The Morgan fingerprint density at radius 2 is 2.07 bits per heavy atom. The molecule has 1 fully saturated rings. The SMILES string of the molecule is Cc1c(OCC(=O)NCCc2c[nH]c3ccccc23)nc2n[nH]c(C3CC3)c2c1C. The number of aryl methyl sites for hydroxylation is 1. The van der Waals surface area contributed by atoms with Gasteiger partial charge in [0.1, 0.15) is 0 Å². The van der Waals surface area contributed by atoms with Crippen LogP contribution in [0, 0.1) is 13.8 Å². The minimum absolute atomic E-state index is 0.0629. The number of rotatable bonds is 7. The molecular formula is C23H25N5O2. The molecule has 1 aliphatic carbocycles. The summed E-state index contributed by atoms with van der Waals surface area (Å²) in [6.45, 7) is 4.54. The van der Waals surface area contributed by atoms with Gasteiger partial charge in [-0.2, -0.15) is 10.1 Å². The lowest BCUT2D eigenvalue weighted by molar-refractivity contribution is -0.123. The number of H-pyrrole nitrogens is 2. The maximum Gasteiger partial charge on any atom is 0.258 e. The predicted octanol–water partition coefficient (Wildman–Crippen LogP) is 3.67. The Hall–Kier alpha value is -3.35. The van der Waals surface area contributed by atoms with Crippen molar-refractivity contribution in [2.45, 2.75) is 39.0 Å². The average molecular weight is 403 g/mol. The molecule has 7 heteroatoms. The lowest BCUT2D eigenvalue weighted by atomic mass is 10.1. The first-order valence-electron chi connectivity index (χ1n) is 10.4. The Bertz CT molecular complexity index is 1240. The Morgan fingerprint density at radius 3 is 2.90 bits per heavy atom. The summed E-state index contributed by atoms with van der Waals surface area (Å²) in [6.07, 6.45) is 5.16. The summed E-state index contributed by atoms with van der Waals surface area (Å²) in [5.41, 5.74) is 6.21. The zero-order valence-corrected chi connectivity index (χ0v) is 17.2. The molecule has 154 valence electrons. The van der Waals surface area contributed by atoms with Crippen molar-refractivity contribution >= 4 is 27.8 Å². The van der Waals surface area contributed by atoms with Gasteiger partial charge in [0.05, 0.1) is 0 Å². The van der Waals surface area contributed by atoms with Crippen LogP contribution < -0.4 is 10.1 Å². The molecule has 0 radical (unpaired) electrons. The number of aromatic nitrogens is 4. The van der Waals surface area contributed by atoms with Crippen molar-refractivity contribution in [3.05, 3.63) is 52.8 Å². The van der Waals surface area contributed by atoms with Crippen molar-refractivity contribution in [1.29, 1.82) is 0 Å². The summed E-state index contributed by atoms with van der Waals surface area (Å²) in [5, 5.41) is 12.7. The van der Waals surface area contributed by atoms with Crippen LogP contribution >= 0.6 is 0 Å². The van der Waals surface area contributed by atoms with E-state index in [9.17, 15) is 4.79 Å². The number of hydrogen-bond donors (Lipinski definition) is 3. The van der Waals surface area contributed by atoms with Crippen molar-refractivity contribution in [2.24, 2.45) is 0 Å². The second-order valence-electron chi connectivity index (χ2n) is 8.03. The first-order valence-corrected chi connectivity index (χ1v) is 10.4. The molecule has 30 heavy (non-hydrogen) atoms. The van der Waals surface area contributed by atoms with Gasteiger partial charge in [-0.05, 0) is 50.3 Å². The van der Waals surface area contributed by atoms with Crippen molar-refractivity contribution < 1.29 is 9.53 Å². The molecule has 1 amide bonds. The summed E-state index contributed by atoms with van der Waals surface area (Å²) in [6, 6.07) is 8.16. The number of fused-ring (bicyclic) bond motifs is 2. The summed E-state index contributed by atoms with van der Waals surface area (Å²) in [4.78, 5) is 20.1. The van der Waals surface area contributed by atoms with E-state index in [0.29, 0.717) is 24.0 Å². The fourth-order valence-electron chi connectivity index (χ4n) is 3.99. The molecule has 1 aromatic carbocycles. The number of nitrogens with zero attached hydrogens (tertiary/aromatic N) is 2. The summed E-state index contributed by atoms with van der Waals surface area (Å²) < 4.78 is 5.75. The lowest BCUT2D eigenvalue weighted by Crippen LogP contribution is -2.30. The van der Waals surface area contributed by atoms with Crippen LogP contribution in [0.25, 0.3) is 21.9 Å². The fourth-order valence-corrected chi connectivity index (χ4v) is 3.99. The molecule has 0 atom stereocenters. The number of amides is 1. The Balaban J connectivity index is 1.20. The van der Waals surface area contributed by atoms with Gasteiger partial charge in [0, 0.05) is 46.2 Å². The van der Waals surface area contributed by atoms with Gasteiger partial charge in [-0.1, -0.05) is 18.2 Å². The molecule has 0 unspecified atom stereocenters. The number of para-hydroxylation sites is 1. The fraction of sp³-hybridized carbons (Fsp3) is 0.348. The van der Waals surface area contributed by atoms with E-state index >= 15 is 0 Å². The number of carbonyl (C=O) groups excluding carboxylic acids is 1. The van der Waals surface area contributed by atoms with E-state index in [1.807, 2.05) is 31.3 Å². The van der Waals surface area contributed by atoms with Gasteiger partial charge in [-0.15, -0.1) is 0 Å². The van der Waals surface area contributed by atoms with Crippen LogP contribution in [0.4, 0.5) is 0 Å².